The highest BCUT2D eigenvalue weighted by molar-refractivity contribution is 7.89. The molecule has 0 spiro atoms. The number of ether oxygens (including phenoxy) is 1. The number of sulfonamides is 1. The van der Waals surface area contributed by atoms with Crippen LogP contribution in [0.5, 0.6) is 5.75 Å². The molecule has 2 N–H and O–H groups in total. The zero-order valence-electron chi connectivity index (χ0n) is 12.6. The maximum atomic E-state index is 12.6. The Morgan fingerprint density at radius 2 is 2.00 bits per heavy atom. The zero-order valence-corrected chi connectivity index (χ0v) is 13.4. The molecule has 0 bridgehead atoms. The van der Waals surface area contributed by atoms with Crippen molar-refractivity contribution in [2.75, 3.05) is 20.2 Å². The molecule has 0 aromatic heterocycles. The first-order valence-electron chi connectivity index (χ1n) is 6.73. The van der Waals surface area contributed by atoms with Crippen molar-refractivity contribution in [2.24, 2.45) is 11.7 Å². The van der Waals surface area contributed by atoms with Gasteiger partial charge in [0.25, 0.3) is 0 Å². The number of nitrogens with two attached hydrogens (primary N) is 1. The molecular formula is C14H24N2O3S. The Morgan fingerprint density at radius 1 is 1.35 bits per heavy atom. The maximum Gasteiger partial charge on any atom is 0.243 e. The molecule has 114 valence electrons. The average molecular weight is 300 g/mol. The minimum Gasteiger partial charge on any atom is -0.496 e. The fourth-order valence-corrected chi connectivity index (χ4v) is 3.69. The molecule has 0 saturated carbocycles. The third-order valence-corrected chi connectivity index (χ3v) is 4.97. The largest absolute Gasteiger partial charge is 0.496 e. The van der Waals surface area contributed by atoms with E-state index in [4.69, 9.17) is 10.5 Å². The summed E-state index contributed by atoms with van der Waals surface area (Å²) in [5.74, 6) is 0.885. The summed E-state index contributed by atoms with van der Waals surface area (Å²) in [5.41, 5.74) is 6.33. The van der Waals surface area contributed by atoms with Crippen molar-refractivity contribution in [3.05, 3.63) is 23.8 Å². The molecule has 5 nitrogen and oxygen atoms in total. The van der Waals surface area contributed by atoms with E-state index in [2.05, 4.69) is 0 Å². The quantitative estimate of drug-likeness (QED) is 0.833. The summed E-state index contributed by atoms with van der Waals surface area (Å²) in [5, 5.41) is 0. The van der Waals surface area contributed by atoms with Crippen LogP contribution in [-0.4, -0.2) is 32.9 Å². The van der Waals surface area contributed by atoms with Gasteiger partial charge in [-0.3, -0.25) is 0 Å². The first kappa shape index (κ1) is 16.9. The second-order valence-corrected chi connectivity index (χ2v) is 6.97. The van der Waals surface area contributed by atoms with Crippen LogP contribution in [0.3, 0.4) is 0 Å². The first-order valence-corrected chi connectivity index (χ1v) is 8.17. The Hall–Kier alpha value is -1.11. The Morgan fingerprint density at radius 3 is 2.45 bits per heavy atom. The smallest absolute Gasteiger partial charge is 0.243 e. The Labute approximate surface area is 121 Å². The third-order valence-electron chi connectivity index (χ3n) is 3.03. The molecule has 0 atom stereocenters. The van der Waals surface area contributed by atoms with Crippen molar-refractivity contribution in [3.8, 4) is 5.75 Å². The summed E-state index contributed by atoms with van der Waals surface area (Å²) in [7, 11) is -1.94. The Balaban J connectivity index is 3.20. The SMILES string of the molecule is CCN(CC(C)C)S(=O)(=O)c1ccc(OC)c(CN)c1. The number of benzene rings is 1. The van der Waals surface area contributed by atoms with Gasteiger partial charge in [-0.05, 0) is 24.1 Å². The summed E-state index contributed by atoms with van der Waals surface area (Å²) in [6.45, 7) is 7.03. The first-order chi connectivity index (χ1) is 9.36. The van der Waals surface area contributed by atoms with Crippen LogP contribution < -0.4 is 10.5 Å². The molecule has 0 aliphatic carbocycles. The lowest BCUT2D eigenvalue weighted by atomic mass is 10.2. The van der Waals surface area contributed by atoms with Crippen molar-refractivity contribution in [1.29, 1.82) is 0 Å². The topological polar surface area (TPSA) is 72.6 Å². The van der Waals surface area contributed by atoms with Crippen LogP contribution in [0, 0.1) is 5.92 Å². The zero-order chi connectivity index (χ0) is 15.3. The Bertz CT molecular complexity index is 541. The predicted molar refractivity (Wildman–Crippen MR) is 80.2 cm³/mol. The average Bonchev–Trinajstić information content (AvgIpc) is 2.43. The molecular weight excluding hydrogens is 276 g/mol. The fraction of sp³-hybridized carbons (Fsp3) is 0.571. The van der Waals surface area contributed by atoms with Gasteiger partial charge in [-0.15, -0.1) is 0 Å². The van der Waals surface area contributed by atoms with Gasteiger partial charge < -0.3 is 10.5 Å². The van der Waals surface area contributed by atoms with Crippen LogP contribution in [0.2, 0.25) is 0 Å². The molecule has 0 heterocycles. The van der Waals surface area contributed by atoms with E-state index in [0.717, 1.165) is 0 Å². The normalized spacial score (nSPS) is 12.2. The van der Waals surface area contributed by atoms with E-state index in [0.29, 0.717) is 24.4 Å². The van der Waals surface area contributed by atoms with Crippen LogP contribution in [-0.2, 0) is 16.6 Å². The molecule has 1 aromatic carbocycles. The minimum atomic E-state index is -3.48. The third kappa shape index (κ3) is 3.71. The van der Waals surface area contributed by atoms with Crippen molar-refractivity contribution < 1.29 is 13.2 Å². The van der Waals surface area contributed by atoms with Gasteiger partial charge in [-0.1, -0.05) is 20.8 Å². The van der Waals surface area contributed by atoms with Crippen molar-refractivity contribution in [2.45, 2.75) is 32.2 Å². The van der Waals surface area contributed by atoms with E-state index in [1.807, 2.05) is 20.8 Å². The summed E-state index contributed by atoms with van der Waals surface area (Å²) in [6.07, 6.45) is 0. The molecule has 6 heteroatoms. The molecule has 0 aliphatic rings. The second kappa shape index (κ2) is 7.06. The van der Waals surface area contributed by atoms with E-state index in [-0.39, 0.29) is 17.4 Å². The summed E-state index contributed by atoms with van der Waals surface area (Å²) in [4.78, 5) is 0.265. The van der Waals surface area contributed by atoms with Gasteiger partial charge in [0.15, 0.2) is 0 Å². The molecule has 0 radical (unpaired) electrons. The van der Waals surface area contributed by atoms with Crippen molar-refractivity contribution in [3.63, 3.8) is 0 Å². The van der Waals surface area contributed by atoms with Crippen LogP contribution in [0.1, 0.15) is 26.3 Å². The summed E-state index contributed by atoms with van der Waals surface area (Å²) in [6, 6.07) is 4.81. The van der Waals surface area contributed by atoms with Crippen LogP contribution >= 0.6 is 0 Å². The van der Waals surface area contributed by atoms with Crippen LogP contribution in [0.25, 0.3) is 0 Å². The van der Waals surface area contributed by atoms with Gasteiger partial charge in [0, 0.05) is 25.2 Å². The standard InChI is InChI=1S/C14H24N2O3S/c1-5-16(10-11(2)3)20(17,18)13-6-7-14(19-4)12(8-13)9-15/h6-8,11H,5,9-10,15H2,1-4H3. The van der Waals surface area contributed by atoms with E-state index < -0.39 is 10.0 Å². The van der Waals surface area contributed by atoms with Gasteiger partial charge in [0.05, 0.1) is 12.0 Å². The highest BCUT2D eigenvalue weighted by Gasteiger charge is 2.24. The van der Waals surface area contributed by atoms with E-state index in [1.54, 1.807) is 25.3 Å². The van der Waals surface area contributed by atoms with E-state index >= 15 is 0 Å². The van der Waals surface area contributed by atoms with Gasteiger partial charge in [-0.2, -0.15) is 4.31 Å². The highest BCUT2D eigenvalue weighted by atomic mass is 32.2. The molecule has 0 amide bonds. The lowest BCUT2D eigenvalue weighted by Gasteiger charge is -2.23. The molecule has 0 aliphatic heterocycles. The van der Waals surface area contributed by atoms with Crippen LogP contribution in [0.15, 0.2) is 23.1 Å². The molecule has 0 fully saturated rings. The molecule has 20 heavy (non-hydrogen) atoms. The fourth-order valence-electron chi connectivity index (χ4n) is 2.03. The van der Waals surface area contributed by atoms with Crippen molar-refractivity contribution >= 4 is 10.0 Å². The maximum absolute atomic E-state index is 12.6. The highest BCUT2D eigenvalue weighted by Crippen LogP contribution is 2.24. The summed E-state index contributed by atoms with van der Waals surface area (Å²) < 4.78 is 31.9. The predicted octanol–water partition coefficient (Wildman–Crippen LogP) is 1.82. The van der Waals surface area contributed by atoms with Gasteiger partial charge in [0.1, 0.15) is 5.75 Å². The van der Waals surface area contributed by atoms with E-state index in [9.17, 15) is 8.42 Å². The van der Waals surface area contributed by atoms with Gasteiger partial charge in [-0.25, -0.2) is 8.42 Å². The minimum absolute atomic E-state index is 0.239. The monoisotopic (exact) mass is 300 g/mol. The van der Waals surface area contributed by atoms with E-state index in [1.165, 1.54) is 4.31 Å². The number of hydrogen-bond donors (Lipinski definition) is 1. The number of nitrogens with zero attached hydrogens (tertiary/aromatic N) is 1. The number of rotatable bonds is 7. The van der Waals surface area contributed by atoms with Gasteiger partial charge >= 0.3 is 0 Å². The lowest BCUT2D eigenvalue weighted by molar-refractivity contribution is 0.380. The van der Waals surface area contributed by atoms with Gasteiger partial charge in [0.2, 0.25) is 10.0 Å². The summed E-state index contributed by atoms with van der Waals surface area (Å²) >= 11 is 0. The second-order valence-electron chi connectivity index (χ2n) is 5.03. The molecule has 0 unspecified atom stereocenters. The molecule has 0 saturated heterocycles. The lowest BCUT2D eigenvalue weighted by Crippen LogP contribution is -2.34. The Kier molecular flexibility index (Phi) is 5.98. The number of methoxy groups -OCH3 is 1. The molecule has 1 aromatic rings. The number of hydrogen-bond acceptors (Lipinski definition) is 4. The molecule has 1 rings (SSSR count). The van der Waals surface area contributed by atoms with Crippen LogP contribution in [0.4, 0.5) is 0 Å². The van der Waals surface area contributed by atoms with Crippen molar-refractivity contribution in [1.82, 2.24) is 4.31 Å².